The van der Waals surface area contributed by atoms with Crippen LogP contribution >= 0.6 is 0 Å². The van der Waals surface area contributed by atoms with E-state index >= 15 is 0 Å². The van der Waals surface area contributed by atoms with Crippen LogP contribution in [0.5, 0.6) is 5.75 Å². The van der Waals surface area contributed by atoms with Crippen LogP contribution in [-0.4, -0.2) is 6.61 Å². The molecule has 2 aliphatic rings. The minimum Gasteiger partial charge on any atom is -0.494 e. The maximum Gasteiger partial charge on any atom is 0.119 e. The fraction of sp³-hybridized carbons (Fsp3) is 0.697. The molecule has 1 heteroatoms. The molecule has 3 rings (SSSR count). The molecule has 0 radical (unpaired) electrons. The molecule has 0 amide bonds. The predicted molar refractivity (Wildman–Crippen MR) is 149 cm³/mol. The van der Waals surface area contributed by atoms with Crippen LogP contribution in [0.2, 0.25) is 0 Å². The van der Waals surface area contributed by atoms with Crippen molar-refractivity contribution < 1.29 is 4.74 Å². The largest absolute Gasteiger partial charge is 0.494 e. The molecule has 0 aromatic heterocycles. The van der Waals surface area contributed by atoms with Crippen LogP contribution in [0.4, 0.5) is 0 Å². The molecule has 0 saturated heterocycles. The molecule has 1 aromatic carbocycles. The van der Waals surface area contributed by atoms with Gasteiger partial charge in [-0.15, -0.1) is 0 Å². The first-order valence-corrected chi connectivity index (χ1v) is 14.9. The lowest BCUT2D eigenvalue weighted by Gasteiger charge is -2.33. The van der Waals surface area contributed by atoms with E-state index in [1.54, 1.807) is 0 Å². The molecule has 0 heterocycles. The number of hydrogen-bond donors (Lipinski definition) is 0. The Bertz CT molecular complexity index is 705. The van der Waals surface area contributed by atoms with Crippen molar-refractivity contribution in [1.29, 1.82) is 0 Å². The van der Waals surface area contributed by atoms with Crippen molar-refractivity contribution in [3.8, 4) is 5.75 Å². The first-order chi connectivity index (χ1) is 16.8. The summed E-state index contributed by atoms with van der Waals surface area (Å²) in [5.41, 5.74) is 2.71. The van der Waals surface area contributed by atoms with E-state index in [1.807, 2.05) is 0 Å². The summed E-state index contributed by atoms with van der Waals surface area (Å²) >= 11 is 0. The topological polar surface area (TPSA) is 9.23 Å². The summed E-state index contributed by atoms with van der Waals surface area (Å²) in [5.74, 6) is 3.68. The number of rotatable bonds is 16. The summed E-state index contributed by atoms with van der Waals surface area (Å²) in [4.78, 5) is 0. The Labute approximate surface area is 211 Å². The number of hydrogen-bond acceptors (Lipinski definition) is 1. The Morgan fingerprint density at radius 1 is 0.735 bits per heavy atom. The van der Waals surface area contributed by atoms with E-state index in [1.165, 1.54) is 114 Å². The summed E-state index contributed by atoms with van der Waals surface area (Å²) in [7, 11) is 0. The Kier molecular flexibility index (Phi) is 12.9. The highest BCUT2D eigenvalue weighted by molar-refractivity contribution is 5.75. The molecule has 1 aromatic rings. The van der Waals surface area contributed by atoms with Crippen molar-refractivity contribution in [3.05, 3.63) is 48.1 Å². The molecule has 190 valence electrons. The molecule has 1 saturated carbocycles. The molecule has 1 atom stereocenters. The van der Waals surface area contributed by atoms with Crippen LogP contribution in [0.25, 0.3) is 5.57 Å². The lowest BCUT2D eigenvalue weighted by molar-refractivity contribution is 0.218. The first kappa shape index (κ1) is 27.1. The minimum absolute atomic E-state index is 0.758. The molecule has 0 spiro atoms. The number of unbranched alkanes of at least 4 members (excludes halogenated alkanes) is 9. The minimum atomic E-state index is 0.758. The molecule has 1 fully saturated rings. The van der Waals surface area contributed by atoms with E-state index in [0.717, 1.165) is 36.5 Å². The summed E-state index contributed by atoms with van der Waals surface area (Å²) < 4.78 is 5.87. The SMILES string of the molecule is CCCCCCCCCCC1CCC(C2C=CC(c3ccc(OCCCCC)cc3)=CC2)CC1. The smallest absolute Gasteiger partial charge is 0.119 e. The van der Waals surface area contributed by atoms with Gasteiger partial charge in [-0.2, -0.15) is 0 Å². The maximum atomic E-state index is 5.87. The zero-order valence-corrected chi connectivity index (χ0v) is 22.4. The maximum absolute atomic E-state index is 5.87. The summed E-state index contributed by atoms with van der Waals surface area (Å²) in [5, 5.41) is 0. The molecular weight excluding hydrogens is 412 g/mol. The van der Waals surface area contributed by atoms with Gasteiger partial charge in [0.2, 0.25) is 0 Å². The van der Waals surface area contributed by atoms with Gasteiger partial charge in [-0.25, -0.2) is 0 Å². The van der Waals surface area contributed by atoms with E-state index in [4.69, 9.17) is 4.74 Å². The Morgan fingerprint density at radius 2 is 1.38 bits per heavy atom. The lowest BCUT2D eigenvalue weighted by atomic mass is 9.72. The Balaban J connectivity index is 1.30. The van der Waals surface area contributed by atoms with Gasteiger partial charge in [0.15, 0.2) is 0 Å². The average molecular weight is 465 g/mol. The Hall–Kier alpha value is -1.50. The highest BCUT2D eigenvalue weighted by Crippen LogP contribution is 2.39. The van der Waals surface area contributed by atoms with E-state index in [0.29, 0.717) is 0 Å². The van der Waals surface area contributed by atoms with Crippen LogP contribution < -0.4 is 4.74 Å². The fourth-order valence-electron chi connectivity index (χ4n) is 5.96. The fourth-order valence-corrected chi connectivity index (χ4v) is 5.96. The van der Waals surface area contributed by atoms with Crippen molar-refractivity contribution in [3.63, 3.8) is 0 Å². The van der Waals surface area contributed by atoms with Gasteiger partial charge >= 0.3 is 0 Å². The standard InChI is InChI=1S/C33H52O/c1-3-5-7-8-9-10-11-12-14-28-15-17-29(18-16-28)30-19-21-31(22-20-30)32-23-25-33(26-24-32)34-27-13-6-4-2/h19,21-26,28-30H,3-18,20,27H2,1-2H3. The highest BCUT2D eigenvalue weighted by atomic mass is 16.5. The van der Waals surface area contributed by atoms with Crippen molar-refractivity contribution >= 4 is 5.57 Å². The number of allylic oxidation sites excluding steroid dienone is 4. The second-order valence-electron chi connectivity index (χ2n) is 11.0. The van der Waals surface area contributed by atoms with E-state index < -0.39 is 0 Å². The molecule has 34 heavy (non-hydrogen) atoms. The Morgan fingerprint density at radius 3 is 2.03 bits per heavy atom. The van der Waals surface area contributed by atoms with Crippen LogP contribution in [-0.2, 0) is 0 Å². The first-order valence-electron chi connectivity index (χ1n) is 14.9. The quantitative estimate of drug-likeness (QED) is 0.221. The summed E-state index contributed by atoms with van der Waals surface area (Å²) in [6.45, 7) is 5.37. The molecule has 1 unspecified atom stereocenters. The molecule has 1 nitrogen and oxygen atoms in total. The zero-order valence-electron chi connectivity index (χ0n) is 22.4. The van der Waals surface area contributed by atoms with E-state index in [2.05, 4.69) is 56.3 Å². The van der Waals surface area contributed by atoms with Gasteiger partial charge in [-0.05, 0) is 66.7 Å². The number of ether oxygens (including phenoxy) is 1. The van der Waals surface area contributed by atoms with Gasteiger partial charge in [0.1, 0.15) is 5.75 Å². The van der Waals surface area contributed by atoms with Crippen LogP contribution in [0.15, 0.2) is 42.5 Å². The average Bonchev–Trinajstić information content (AvgIpc) is 2.89. The molecule has 0 N–H and O–H groups in total. The van der Waals surface area contributed by atoms with Gasteiger partial charge in [0.05, 0.1) is 6.61 Å². The predicted octanol–water partition coefficient (Wildman–Crippen LogP) is 10.6. The second-order valence-corrected chi connectivity index (χ2v) is 11.0. The monoisotopic (exact) mass is 464 g/mol. The highest BCUT2D eigenvalue weighted by Gasteiger charge is 2.26. The second kappa shape index (κ2) is 16.2. The van der Waals surface area contributed by atoms with Crippen LogP contribution in [0.3, 0.4) is 0 Å². The van der Waals surface area contributed by atoms with Crippen molar-refractivity contribution in [2.75, 3.05) is 6.61 Å². The molecule has 0 bridgehead atoms. The third-order valence-corrected chi connectivity index (χ3v) is 8.30. The van der Waals surface area contributed by atoms with Gasteiger partial charge in [-0.3, -0.25) is 0 Å². The summed E-state index contributed by atoms with van der Waals surface area (Å²) in [6, 6.07) is 8.72. The van der Waals surface area contributed by atoms with Crippen LogP contribution in [0.1, 0.15) is 129 Å². The van der Waals surface area contributed by atoms with Gasteiger partial charge in [-0.1, -0.05) is 128 Å². The van der Waals surface area contributed by atoms with Crippen molar-refractivity contribution in [2.24, 2.45) is 17.8 Å². The van der Waals surface area contributed by atoms with Crippen LogP contribution in [0, 0.1) is 17.8 Å². The van der Waals surface area contributed by atoms with Crippen molar-refractivity contribution in [1.82, 2.24) is 0 Å². The van der Waals surface area contributed by atoms with Gasteiger partial charge < -0.3 is 4.74 Å². The van der Waals surface area contributed by atoms with Gasteiger partial charge in [0.25, 0.3) is 0 Å². The normalized spacial score (nSPS) is 22.5. The third-order valence-electron chi connectivity index (χ3n) is 8.30. The zero-order chi connectivity index (χ0) is 23.8. The molecule has 2 aliphatic carbocycles. The molecule has 0 aliphatic heterocycles. The number of benzene rings is 1. The van der Waals surface area contributed by atoms with Gasteiger partial charge in [0, 0.05) is 0 Å². The van der Waals surface area contributed by atoms with Crippen molar-refractivity contribution in [2.45, 2.75) is 123 Å². The summed E-state index contributed by atoms with van der Waals surface area (Å²) in [6.07, 6.45) is 31.2. The lowest BCUT2D eigenvalue weighted by Crippen LogP contribution is -2.21. The van der Waals surface area contributed by atoms with E-state index in [-0.39, 0.29) is 0 Å². The molecular formula is C33H52O. The third kappa shape index (κ3) is 9.63. The van der Waals surface area contributed by atoms with E-state index in [9.17, 15) is 0 Å².